The van der Waals surface area contributed by atoms with E-state index in [1.165, 1.54) is 5.56 Å². The van der Waals surface area contributed by atoms with E-state index in [1.54, 1.807) is 0 Å². The standard InChI is InChI=1S/C28H27NO3/c30-18-17-22-5-4-8-27(21-22)29(26-13-15-28(16-14-26)32-20-19-31)25-11-9-24(10-12-25)23-6-2-1-3-7-23/h1-16,21,30-31H,17-20H2. The lowest BCUT2D eigenvalue weighted by Gasteiger charge is -2.26. The molecule has 0 aromatic heterocycles. The SMILES string of the molecule is OCCOc1ccc(N(c2ccc(-c3ccccc3)cc2)c2cccc(CCO)c2)cc1. The van der Waals surface area contributed by atoms with Gasteiger partial charge in [0.15, 0.2) is 0 Å². The molecule has 4 rings (SSSR count). The summed E-state index contributed by atoms with van der Waals surface area (Å²) in [7, 11) is 0. The van der Waals surface area contributed by atoms with Crippen LogP contribution in [0.1, 0.15) is 5.56 Å². The van der Waals surface area contributed by atoms with Gasteiger partial charge in [-0.05, 0) is 71.6 Å². The Morgan fingerprint density at radius 3 is 1.91 bits per heavy atom. The molecule has 0 heterocycles. The fraction of sp³-hybridized carbons (Fsp3) is 0.143. The molecule has 2 N–H and O–H groups in total. The van der Waals surface area contributed by atoms with Gasteiger partial charge in [0, 0.05) is 23.7 Å². The van der Waals surface area contributed by atoms with Gasteiger partial charge in [0.1, 0.15) is 12.4 Å². The molecule has 4 nitrogen and oxygen atoms in total. The molecule has 0 radical (unpaired) electrons. The summed E-state index contributed by atoms with van der Waals surface area (Å²) < 4.78 is 5.52. The zero-order valence-electron chi connectivity index (χ0n) is 17.9. The van der Waals surface area contributed by atoms with Crippen LogP contribution in [0.2, 0.25) is 0 Å². The van der Waals surface area contributed by atoms with Crippen molar-refractivity contribution in [2.75, 3.05) is 24.7 Å². The van der Waals surface area contributed by atoms with Crippen molar-refractivity contribution < 1.29 is 14.9 Å². The summed E-state index contributed by atoms with van der Waals surface area (Å²) in [4.78, 5) is 2.19. The molecule has 0 amide bonds. The molecular formula is C28H27NO3. The van der Waals surface area contributed by atoms with Crippen LogP contribution in [0.15, 0.2) is 103 Å². The molecule has 0 atom stereocenters. The fourth-order valence-electron chi connectivity index (χ4n) is 3.72. The molecule has 0 saturated heterocycles. The van der Waals surface area contributed by atoms with Gasteiger partial charge in [0.25, 0.3) is 0 Å². The Balaban J connectivity index is 1.71. The Hall–Kier alpha value is -3.60. The second-order valence-electron chi connectivity index (χ2n) is 7.46. The summed E-state index contributed by atoms with van der Waals surface area (Å²) in [6.07, 6.45) is 0.614. The van der Waals surface area contributed by atoms with Crippen LogP contribution in [0, 0.1) is 0 Å². The van der Waals surface area contributed by atoms with E-state index in [2.05, 4.69) is 53.4 Å². The highest BCUT2D eigenvalue weighted by molar-refractivity contribution is 5.78. The Bertz CT molecular complexity index is 1110. The zero-order chi connectivity index (χ0) is 22.2. The van der Waals surface area contributed by atoms with Crippen molar-refractivity contribution in [1.82, 2.24) is 0 Å². The Morgan fingerprint density at radius 2 is 1.25 bits per heavy atom. The number of hydrogen-bond donors (Lipinski definition) is 2. The summed E-state index contributed by atoms with van der Waals surface area (Å²) in [6.45, 7) is 0.374. The lowest BCUT2D eigenvalue weighted by atomic mass is 10.0. The maximum absolute atomic E-state index is 9.38. The van der Waals surface area contributed by atoms with Crippen molar-refractivity contribution in [3.8, 4) is 16.9 Å². The van der Waals surface area contributed by atoms with Gasteiger partial charge in [-0.15, -0.1) is 0 Å². The van der Waals surface area contributed by atoms with Crippen molar-refractivity contribution in [3.05, 3.63) is 109 Å². The second kappa shape index (κ2) is 10.6. The molecule has 32 heavy (non-hydrogen) atoms. The van der Waals surface area contributed by atoms with Crippen LogP contribution >= 0.6 is 0 Å². The van der Waals surface area contributed by atoms with Crippen LogP contribution < -0.4 is 9.64 Å². The first-order valence-electron chi connectivity index (χ1n) is 10.8. The average Bonchev–Trinajstić information content (AvgIpc) is 2.85. The second-order valence-corrected chi connectivity index (χ2v) is 7.46. The van der Waals surface area contributed by atoms with Gasteiger partial charge in [-0.3, -0.25) is 0 Å². The van der Waals surface area contributed by atoms with Crippen molar-refractivity contribution >= 4 is 17.1 Å². The first-order valence-corrected chi connectivity index (χ1v) is 10.8. The molecule has 0 aliphatic rings. The van der Waals surface area contributed by atoms with Crippen LogP contribution in [-0.4, -0.2) is 30.0 Å². The lowest BCUT2D eigenvalue weighted by molar-refractivity contribution is 0.201. The topological polar surface area (TPSA) is 52.9 Å². The minimum Gasteiger partial charge on any atom is -0.491 e. The van der Waals surface area contributed by atoms with E-state index < -0.39 is 0 Å². The quantitative estimate of drug-likeness (QED) is 0.360. The summed E-state index contributed by atoms with van der Waals surface area (Å²) in [5, 5.41) is 18.4. The predicted molar refractivity (Wildman–Crippen MR) is 130 cm³/mol. The summed E-state index contributed by atoms with van der Waals surface area (Å²) in [5.41, 5.74) is 6.48. The molecule has 4 aromatic rings. The van der Waals surface area contributed by atoms with Gasteiger partial charge in [-0.1, -0.05) is 54.6 Å². The van der Waals surface area contributed by atoms with Crippen LogP contribution in [-0.2, 0) is 6.42 Å². The Morgan fingerprint density at radius 1 is 0.594 bits per heavy atom. The summed E-state index contributed by atoms with van der Waals surface area (Å²) in [5.74, 6) is 0.719. The lowest BCUT2D eigenvalue weighted by Crippen LogP contribution is -2.10. The number of ether oxygens (including phenoxy) is 1. The van der Waals surface area contributed by atoms with Gasteiger partial charge in [-0.2, -0.15) is 0 Å². The molecule has 0 unspecified atom stereocenters. The van der Waals surface area contributed by atoms with Crippen molar-refractivity contribution in [1.29, 1.82) is 0 Å². The maximum atomic E-state index is 9.38. The highest BCUT2D eigenvalue weighted by Crippen LogP contribution is 2.36. The summed E-state index contributed by atoms with van der Waals surface area (Å²) in [6, 6.07) is 34.9. The van der Waals surface area contributed by atoms with E-state index in [-0.39, 0.29) is 19.8 Å². The predicted octanol–water partition coefficient (Wildman–Crippen LogP) is 5.73. The Labute approximate surface area is 189 Å². The monoisotopic (exact) mass is 425 g/mol. The van der Waals surface area contributed by atoms with E-state index in [0.29, 0.717) is 6.42 Å². The third-order valence-corrected chi connectivity index (χ3v) is 5.26. The highest BCUT2D eigenvalue weighted by atomic mass is 16.5. The van der Waals surface area contributed by atoms with E-state index in [0.717, 1.165) is 33.9 Å². The van der Waals surface area contributed by atoms with Gasteiger partial charge < -0.3 is 19.8 Å². The molecule has 0 saturated carbocycles. The number of hydrogen-bond acceptors (Lipinski definition) is 4. The van der Waals surface area contributed by atoms with Gasteiger partial charge >= 0.3 is 0 Å². The molecule has 0 aliphatic carbocycles. The average molecular weight is 426 g/mol. The molecule has 0 fully saturated rings. The number of aliphatic hydroxyl groups is 2. The van der Waals surface area contributed by atoms with Crippen LogP contribution in [0.25, 0.3) is 11.1 Å². The molecule has 0 spiro atoms. The minimum atomic E-state index is -0.0146. The minimum absolute atomic E-state index is 0.0146. The van der Waals surface area contributed by atoms with Gasteiger partial charge in [-0.25, -0.2) is 0 Å². The largest absolute Gasteiger partial charge is 0.491 e. The molecule has 4 aromatic carbocycles. The smallest absolute Gasteiger partial charge is 0.119 e. The van der Waals surface area contributed by atoms with Crippen molar-refractivity contribution in [3.63, 3.8) is 0 Å². The molecule has 0 bridgehead atoms. The van der Waals surface area contributed by atoms with E-state index in [9.17, 15) is 5.11 Å². The van der Waals surface area contributed by atoms with Crippen molar-refractivity contribution in [2.45, 2.75) is 6.42 Å². The van der Waals surface area contributed by atoms with Gasteiger partial charge in [0.05, 0.1) is 6.61 Å². The summed E-state index contributed by atoms with van der Waals surface area (Å²) >= 11 is 0. The highest BCUT2D eigenvalue weighted by Gasteiger charge is 2.13. The number of benzene rings is 4. The zero-order valence-corrected chi connectivity index (χ0v) is 17.9. The van der Waals surface area contributed by atoms with E-state index in [1.807, 2.05) is 54.6 Å². The number of aliphatic hydroxyl groups excluding tert-OH is 2. The number of anilines is 3. The number of nitrogens with zero attached hydrogens (tertiary/aromatic N) is 1. The third kappa shape index (κ3) is 5.17. The molecule has 162 valence electrons. The Kier molecular flexibility index (Phi) is 7.18. The van der Waals surface area contributed by atoms with Gasteiger partial charge in [0.2, 0.25) is 0 Å². The van der Waals surface area contributed by atoms with E-state index in [4.69, 9.17) is 9.84 Å². The fourth-order valence-corrected chi connectivity index (χ4v) is 3.72. The van der Waals surface area contributed by atoms with Crippen molar-refractivity contribution in [2.24, 2.45) is 0 Å². The third-order valence-electron chi connectivity index (χ3n) is 5.26. The van der Waals surface area contributed by atoms with Crippen LogP contribution in [0.3, 0.4) is 0 Å². The first-order chi connectivity index (χ1) is 15.8. The normalized spacial score (nSPS) is 10.7. The molecular weight excluding hydrogens is 398 g/mol. The van der Waals surface area contributed by atoms with Crippen LogP contribution in [0.4, 0.5) is 17.1 Å². The maximum Gasteiger partial charge on any atom is 0.119 e. The first kappa shape index (κ1) is 21.6. The molecule has 0 aliphatic heterocycles. The van der Waals surface area contributed by atoms with E-state index >= 15 is 0 Å². The molecule has 4 heteroatoms. The number of rotatable bonds is 9. The van der Waals surface area contributed by atoms with Crippen LogP contribution in [0.5, 0.6) is 5.75 Å².